The number of ether oxygens (including phenoxy) is 1. The molecule has 1 aromatic carbocycles. The van der Waals surface area contributed by atoms with Crippen LogP contribution in [0.25, 0.3) is 0 Å². The van der Waals surface area contributed by atoms with Crippen molar-refractivity contribution in [2.75, 3.05) is 0 Å². The van der Waals surface area contributed by atoms with E-state index < -0.39 is 0 Å². The van der Waals surface area contributed by atoms with Gasteiger partial charge in [0, 0.05) is 0 Å². The number of alkyl halides is 1. The lowest BCUT2D eigenvalue weighted by Crippen LogP contribution is -2.21. The molecule has 0 amide bonds. The van der Waals surface area contributed by atoms with Crippen molar-refractivity contribution in [3.05, 3.63) is 47.5 Å². The van der Waals surface area contributed by atoms with Crippen LogP contribution in [0.3, 0.4) is 0 Å². The molecule has 1 unspecified atom stereocenters. The van der Waals surface area contributed by atoms with E-state index in [4.69, 9.17) is 4.74 Å². The molecule has 1 atom stereocenters. The zero-order valence-electron chi connectivity index (χ0n) is 11.0. The van der Waals surface area contributed by atoms with Gasteiger partial charge >= 0.3 is 0 Å². The van der Waals surface area contributed by atoms with Crippen LogP contribution in [0.15, 0.2) is 36.4 Å². The van der Waals surface area contributed by atoms with Crippen LogP contribution >= 0.6 is 15.9 Å². The molecule has 1 rings (SSSR count). The summed E-state index contributed by atoms with van der Waals surface area (Å²) in [4.78, 5) is 0. The van der Waals surface area contributed by atoms with Crippen LogP contribution in [-0.2, 0) is 11.3 Å². The van der Waals surface area contributed by atoms with Crippen LogP contribution in [0.5, 0.6) is 0 Å². The lowest BCUT2D eigenvalue weighted by atomic mass is 9.97. The van der Waals surface area contributed by atoms with E-state index in [-0.39, 0.29) is 10.6 Å². The zero-order chi connectivity index (χ0) is 13.8. The van der Waals surface area contributed by atoms with Gasteiger partial charge in [0.1, 0.15) is 4.51 Å². The fourth-order valence-corrected chi connectivity index (χ4v) is 1.76. The van der Waals surface area contributed by atoms with Crippen molar-refractivity contribution in [3.8, 4) is 0 Å². The summed E-state index contributed by atoms with van der Waals surface area (Å²) >= 11 is 3.44. The molecule has 0 aliphatic heterocycles. The monoisotopic (exact) mass is 313 g/mol. The number of hydroxylamine groups is 1. The van der Waals surface area contributed by atoms with Gasteiger partial charge in [0.15, 0.2) is 0 Å². The van der Waals surface area contributed by atoms with E-state index in [1.54, 1.807) is 0 Å². The lowest BCUT2D eigenvalue weighted by Gasteiger charge is -2.22. The maximum absolute atomic E-state index is 9.24. The topological polar surface area (TPSA) is 41.5 Å². The van der Waals surface area contributed by atoms with Crippen molar-refractivity contribution >= 4 is 15.9 Å². The van der Waals surface area contributed by atoms with Gasteiger partial charge in [-0.2, -0.15) is 5.48 Å². The molecule has 0 bridgehead atoms. The predicted octanol–water partition coefficient (Wildman–Crippen LogP) is 3.93. The molecule has 0 aromatic heterocycles. The second-order valence-corrected chi connectivity index (χ2v) is 6.67. The van der Waals surface area contributed by atoms with E-state index in [9.17, 15) is 5.21 Å². The average Bonchev–Trinajstić information content (AvgIpc) is 2.27. The smallest absolute Gasteiger partial charge is 0.117 e. The molecule has 0 saturated heterocycles. The summed E-state index contributed by atoms with van der Waals surface area (Å²) in [5, 5.41) is 9.24. The first kappa shape index (κ1) is 15.4. The highest BCUT2D eigenvalue weighted by molar-refractivity contribution is 9.10. The molecule has 0 radical (unpaired) electrons. The van der Waals surface area contributed by atoms with E-state index in [0.717, 1.165) is 16.7 Å². The number of rotatable bonds is 6. The minimum atomic E-state index is -0.370. The van der Waals surface area contributed by atoms with Crippen LogP contribution in [0.1, 0.15) is 37.9 Å². The van der Waals surface area contributed by atoms with Crippen LogP contribution in [0.4, 0.5) is 0 Å². The maximum Gasteiger partial charge on any atom is 0.117 e. The highest BCUT2D eigenvalue weighted by Gasteiger charge is 2.17. The summed E-state index contributed by atoms with van der Waals surface area (Å²) in [5.74, 6) is 0. The van der Waals surface area contributed by atoms with Crippen LogP contribution < -0.4 is 5.48 Å². The van der Waals surface area contributed by atoms with Gasteiger partial charge in [0.25, 0.3) is 0 Å². The second kappa shape index (κ2) is 6.48. The van der Waals surface area contributed by atoms with E-state index in [1.165, 1.54) is 0 Å². The minimum absolute atomic E-state index is 0.275. The Hall–Kier alpha value is -0.680. The summed E-state index contributed by atoms with van der Waals surface area (Å²) < 4.78 is 5.34. The maximum atomic E-state index is 9.24. The molecule has 0 saturated carbocycles. The first-order chi connectivity index (χ1) is 8.35. The highest BCUT2D eigenvalue weighted by atomic mass is 79.9. The van der Waals surface area contributed by atoms with Crippen molar-refractivity contribution in [2.24, 2.45) is 0 Å². The van der Waals surface area contributed by atoms with Gasteiger partial charge in [-0.15, -0.1) is 0 Å². The first-order valence-electron chi connectivity index (χ1n) is 5.81. The summed E-state index contributed by atoms with van der Waals surface area (Å²) in [5.41, 5.74) is 5.14. The molecule has 0 heterocycles. The molecule has 100 valence electrons. The van der Waals surface area contributed by atoms with E-state index in [2.05, 4.69) is 28.0 Å². The highest BCUT2D eigenvalue weighted by Crippen LogP contribution is 2.26. The summed E-state index contributed by atoms with van der Waals surface area (Å²) in [6.07, 6.45) is 0. The molecule has 0 aliphatic rings. The Bertz CT molecular complexity index is 413. The van der Waals surface area contributed by atoms with Crippen LogP contribution in [-0.4, -0.2) is 9.72 Å². The first-order valence-corrected chi connectivity index (χ1v) is 6.60. The fourth-order valence-electron chi connectivity index (χ4n) is 1.64. The van der Waals surface area contributed by atoms with Gasteiger partial charge in [-0.1, -0.05) is 52.3 Å². The Kier molecular flexibility index (Phi) is 5.53. The number of hydrogen-bond donors (Lipinski definition) is 2. The predicted molar refractivity (Wildman–Crippen MR) is 76.7 cm³/mol. The SMILES string of the molecule is C=C(C)C(NO)c1ccccc1COC(C)(C)Br. The Morgan fingerprint density at radius 3 is 2.61 bits per heavy atom. The average molecular weight is 314 g/mol. The standard InChI is InChI=1S/C14H20BrNO2/c1-10(2)13(16-17)12-8-6-5-7-11(12)9-18-14(3,4)15/h5-8,13,16-17H,1,9H2,2-4H3. The van der Waals surface area contributed by atoms with Gasteiger partial charge in [-0.25, -0.2) is 0 Å². The minimum Gasteiger partial charge on any atom is -0.360 e. The lowest BCUT2D eigenvalue weighted by molar-refractivity contribution is 0.0439. The van der Waals surface area contributed by atoms with Crippen molar-refractivity contribution in [1.82, 2.24) is 5.48 Å². The van der Waals surface area contributed by atoms with Gasteiger partial charge in [-0.05, 0) is 31.9 Å². The third-order valence-electron chi connectivity index (χ3n) is 2.56. The largest absolute Gasteiger partial charge is 0.360 e. The summed E-state index contributed by atoms with van der Waals surface area (Å²) in [7, 11) is 0. The number of hydrogen-bond acceptors (Lipinski definition) is 3. The normalized spacial score (nSPS) is 13.4. The Labute approximate surface area is 117 Å². The molecule has 1 aromatic rings. The molecular weight excluding hydrogens is 294 g/mol. The van der Waals surface area contributed by atoms with Crippen molar-refractivity contribution in [1.29, 1.82) is 0 Å². The van der Waals surface area contributed by atoms with Crippen LogP contribution in [0.2, 0.25) is 0 Å². The van der Waals surface area contributed by atoms with Crippen molar-refractivity contribution < 1.29 is 9.94 Å². The van der Waals surface area contributed by atoms with Gasteiger partial charge in [0.2, 0.25) is 0 Å². The number of halogens is 1. The van der Waals surface area contributed by atoms with Crippen molar-refractivity contribution in [3.63, 3.8) is 0 Å². The van der Waals surface area contributed by atoms with E-state index in [0.29, 0.717) is 6.61 Å². The Morgan fingerprint density at radius 2 is 2.11 bits per heavy atom. The quantitative estimate of drug-likeness (QED) is 0.475. The van der Waals surface area contributed by atoms with Crippen molar-refractivity contribution in [2.45, 2.75) is 37.9 Å². The molecular formula is C14H20BrNO2. The van der Waals surface area contributed by atoms with E-state index in [1.807, 2.05) is 45.0 Å². The van der Waals surface area contributed by atoms with E-state index >= 15 is 0 Å². The molecule has 0 aliphatic carbocycles. The third kappa shape index (κ3) is 4.53. The third-order valence-corrected chi connectivity index (χ3v) is 2.79. The number of nitrogens with one attached hydrogen (secondary N) is 1. The fraction of sp³-hybridized carbons (Fsp3) is 0.429. The molecule has 2 N–H and O–H groups in total. The molecule has 0 fully saturated rings. The summed E-state index contributed by atoms with van der Waals surface area (Å²) in [6.45, 7) is 10.1. The molecule has 18 heavy (non-hydrogen) atoms. The molecule has 0 spiro atoms. The Morgan fingerprint density at radius 1 is 1.50 bits per heavy atom. The number of benzene rings is 1. The second-order valence-electron chi connectivity index (χ2n) is 4.76. The van der Waals surface area contributed by atoms with Gasteiger partial charge in [-0.3, -0.25) is 0 Å². The van der Waals surface area contributed by atoms with Gasteiger partial charge in [0.05, 0.1) is 12.6 Å². The zero-order valence-corrected chi connectivity index (χ0v) is 12.6. The molecule has 4 heteroatoms. The molecule has 3 nitrogen and oxygen atoms in total. The Balaban J connectivity index is 2.95. The van der Waals surface area contributed by atoms with Gasteiger partial charge < -0.3 is 9.94 Å². The van der Waals surface area contributed by atoms with Crippen LogP contribution in [0, 0.1) is 0 Å². The summed E-state index contributed by atoms with van der Waals surface area (Å²) in [6, 6.07) is 7.56.